The second-order valence-electron chi connectivity index (χ2n) is 8.76. The van der Waals surface area contributed by atoms with Crippen LogP contribution in [0.25, 0.3) is 11.4 Å². The zero-order valence-corrected chi connectivity index (χ0v) is 20.8. The molecule has 2 aromatic carbocycles. The van der Waals surface area contributed by atoms with Gasteiger partial charge in [0, 0.05) is 5.02 Å². The van der Waals surface area contributed by atoms with Crippen molar-refractivity contribution in [3.05, 3.63) is 63.9 Å². The Hall–Kier alpha value is -3.84. The predicted molar refractivity (Wildman–Crippen MR) is 127 cm³/mol. The first-order valence-corrected chi connectivity index (χ1v) is 12.4. The molecule has 0 saturated carbocycles. The van der Waals surface area contributed by atoms with Gasteiger partial charge in [-0.15, -0.1) is 10.2 Å². The van der Waals surface area contributed by atoms with Crippen LogP contribution >= 0.6 is 11.6 Å². The van der Waals surface area contributed by atoms with Crippen LogP contribution in [-0.2, 0) is 25.9 Å². The maximum atomic E-state index is 15.0. The number of rotatable bonds is 4. The molecule has 1 aliphatic heterocycles. The Balaban J connectivity index is 1.86. The fourth-order valence-electron chi connectivity index (χ4n) is 3.38. The zero-order valence-electron chi connectivity index (χ0n) is 19.2. The summed E-state index contributed by atoms with van der Waals surface area (Å²) < 4.78 is 46.6. The number of ether oxygens (including phenoxy) is 1. The van der Waals surface area contributed by atoms with Crippen molar-refractivity contribution in [3.63, 3.8) is 0 Å². The maximum absolute atomic E-state index is 15.0. The number of hydrogen-bond donors (Lipinski definition) is 2. The van der Waals surface area contributed by atoms with Gasteiger partial charge >= 0.3 is 6.09 Å². The van der Waals surface area contributed by atoms with Crippen LogP contribution in [-0.4, -0.2) is 46.6 Å². The Morgan fingerprint density at radius 1 is 1.22 bits per heavy atom. The smallest absolute Gasteiger partial charge is 0.412 e. The van der Waals surface area contributed by atoms with Crippen LogP contribution in [0.3, 0.4) is 0 Å². The van der Waals surface area contributed by atoms with Gasteiger partial charge in [-0.25, -0.2) is 17.6 Å². The second-order valence-corrected chi connectivity index (χ2v) is 11.0. The summed E-state index contributed by atoms with van der Waals surface area (Å²) in [5.41, 5.74) is -1.23. The number of nitrogens with zero attached hydrogens (tertiary/aromatic N) is 4. The van der Waals surface area contributed by atoms with Crippen molar-refractivity contribution in [1.29, 1.82) is 0 Å². The molecule has 0 spiro atoms. The Bertz CT molecular complexity index is 1470. The van der Waals surface area contributed by atoms with Crippen molar-refractivity contribution in [1.82, 2.24) is 25.9 Å². The largest absolute Gasteiger partial charge is 0.444 e. The molecule has 36 heavy (non-hydrogen) atoms. The number of hydrogen-bond acceptors (Lipinski definition) is 8. The third-order valence-electron chi connectivity index (χ3n) is 4.87. The molecule has 0 aliphatic carbocycles. The summed E-state index contributed by atoms with van der Waals surface area (Å²) in [6, 6.07) is 8.40. The fraction of sp³-hybridized carbons (Fsp3) is 0.227. The molecule has 0 bridgehead atoms. The molecule has 4 rings (SSSR count). The number of anilines is 1. The number of aromatic amines is 1. The van der Waals surface area contributed by atoms with E-state index >= 15 is 0 Å². The summed E-state index contributed by atoms with van der Waals surface area (Å²) in [7, 11) is -4.41. The lowest BCUT2D eigenvalue weighted by Crippen LogP contribution is -2.40. The molecule has 2 N–H and O–H groups in total. The Kier molecular flexibility index (Phi) is 6.54. The number of alkyl carbamates (subject to hydrolysis) is 1. The van der Waals surface area contributed by atoms with Crippen LogP contribution in [0.15, 0.2) is 52.4 Å². The average molecular weight is 535 g/mol. The van der Waals surface area contributed by atoms with Gasteiger partial charge in [0.2, 0.25) is 15.7 Å². The lowest BCUT2D eigenvalue weighted by atomic mass is 10.1. The minimum absolute atomic E-state index is 0.136. The number of carbonyl (C=O) groups excluding carboxylic acids is 2. The standard InChI is InChI=1S/C22H20ClFN6O5S/c1-22(2,3)35-21(32)25-16-11-36(33,34)18-9-15(24)14(19-26-28-29-27-19)8-17(18)30(20(16)31)10-12-4-6-13(23)7-5-12/h4-9,11H,10H2,1-3H3,(H,25,32)(H,26,27,28,29). The molecule has 0 radical (unpaired) electrons. The number of nitrogens with one attached hydrogen (secondary N) is 2. The molecule has 1 aliphatic rings. The van der Waals surface area contributed by atoms with Crippen molar-refractivity contribution in [2.24, 2.45) is 0 Å². The number of carbonyl (C=O) groups is 2. The van der Waals surface area contributed by atoms with E-state index in [4.69, 9.17) is 16.3 Å². The predicted octanol–water partition coefficient (Wildman–Crippen LogP) is 3.35. The van der Waals surface area contributed by atoms with Crippen LogP contribution in [0.4, 0.5) is 14.9 Å². The van der Waals surface area contributed by atoms with Crippen LogP contribution in [0.1, 0.15) is 26.3 Å². The highest BCUT2D eigenvalue weighted by molar-refractivity contribution is 7.94. The number of tetrazole rings is 1. The summed E-state index contributed by atoms with van der Waals surface area (Å²) in [6.45, 7) is 4.69. The summed E-state index contributed by atoms with van der Waals surface area (Å²) in [5, 5.41) is 16.3. The number of benzene rings is 2. The van der Waals surface area contributed by atoms with Gasteiger partial charge in [-0.1, -0.05) is 23.7 Å². The highest BCUT2D eigenvalue weighted by Gasteiger charge is 2.35. The van der Waals surface area contributed by atoms with Gasteiger partial charge in [0.25, 0.3) is 5.91 Å². The van der Waals surface area contributed by atoms with Gasteiger partial charge in [-0.05, 0) is 55.8 Å². The van der Waals surface area contributed by atoms with E-state index in [2.05, 4.69) is 25.9 Å². The van der Waals surface area contributed by atoms with E-state index < -0.39 is 43.8 Å². The lowest BCUT2D eigenvalue weighted by Gasteiger charge is -2.25. The average Bonchev–Trinajstić information content (AvgIpc) is 3.29. The molecule has 1 aromatic heterocycles. The fourth-order valence-corrected chi connectivity index (χ4v) is 4.83. The molecule has 188 valence electrons. The van der Waals surface area contributed by atoms with E-state index in [-0.39, 0.29) is 23.6 Å². The molecule has 0 saturated heterocycles. The van der Waals surface area contributed by atoms with Crippen LogP contribution in [0.2, 0.25) is 5.02 Å². The SMILES string of the molecule is CC(C)(C)OC(=O)NC1=CS(=O)(=O)c2cc(F)c(-c3nn[nH]n3)cc2N(Cc2ccc(Cl)cc2)C1=O. The third-order valence-corrected chi connectivity index (χ3v) is 6.61. The highest BCUT2D eigenvalue weighted by Crippen LogP contribution is 2.37. The molecule has 14 heteroatoms. The molecule has 11 nitrogen and oxygen atoms in total. The van der Waals surface area contributed by atoms with E-state index in [1.165, 1.54) is 0 Å². The van der Waals surface area contributed by atoms with E-state index in [1.807, 2.05) is 0 Å². The quantitative estimate of drug-likeness (QED) is 0.518. The first-order chi connectivity index (χ1) is 16.8. The molecule has 2 amide bonds. The maximum Gasteiger partial charge on any atom is 0.412 e. The van der Waals surface area contributed by atoms with Crippen LogP contribution in [0, 0.1) is 5.82 Å². The number of H-pyrrole nitrogens is 1. The number of aromatic nitrogens is 4. The molecular formula is C22H20ClFN6O5S. The molecule has 2 heterocycles. The summed E-state index contributed by atoms with van der Waals surface area (Å²) in [5.74, 6) is -1.96. The van der Waals surface area contributed by atoms with Crippen molar-refractivity contribution in [2.75, 3.05) is 4.90 Å². The topological polar surface area (TPSA) is 147 Å². The zero-order chi connectivity index (χ0) is 26.3. The first-order valence-electron chi connectivity index (χ1n) is 10.4. The van der Waals surface area contributed by atoms with Crippen molar-refractivity contribution >= 4 is 39.1 Å². The number of amides is 2. The number of halogens is 2. The lowest BCUT2D eigenvalue weighted by molar-refractivity contribution is -0.115. The third kappa shape index (κ3) is 5.36. The second kappa shape index (κ2) is 9.32. The monoisotopic (exact) mass is 534 g/mol. The number of fused-ring (bicyclic) bond motifs is 1. The Morgan fingerprint density at radius 3 is 2.53 bits per heavy atom. The Morgan fingerprint density at radius 2 is 1.92 bits per heavy atom. The molecule has 0 fully saturated rings. The van der Waals surface area contributed by atoms with Gasteiger partial charge in [-0.2, -0.15) is 5.21 Å². The molecule has 0 atom stereocenters. The minimum atomic E-state index is -4.41. The first kappa shape index (κ1) is 25.3. The van der Waals surface area contributed by atoms with Crippen LogP contribution < -0.4 is 10.2 Å². The molecule has 0 unspecified atom stereocenters. The van der Waals surface area contributed by atoms with Gasteiger partial charge < -0.3 is 9.64 Å². The van der Waals surface area contributed by atoms with Gasteiger partial charge in [0.15, 0.2) is 0 Å². The van der Waals surface area contributed by atoms with Gasteiger partial charge in [0.1, 0.15) is 17.1 Å². The normalized spacial score (nSPS) is 15.1. The van der Waals surface area contributed by atoms with E-state index in [0.717, 1.165) is 17.0 Å². The summed E-state index contributed by atoms with van der Waals surface area (Å²) in [6.07, 6.45) is -1.03. The van der Waals surface area contributed by atoms with E-state index in [9.17, 15) is 22.4 Å². The van der Waals surface area contributed by atoms with E-state index in [1.54, 1.807) is 45.0 Å². The molecular weight excluding hydrogens is 515 g/mol. The van der Waals surface area contributed by atoms with E-state index in [0.29, 0.717) is 16.0 Å². The Labute approximate surface area is 210 Å². The van der Waals surface area contributed by atoms with Gasteiger partial charge in [0.05, 0.1) is 28.1 Å². The van der Waals surface area contributed by atoms with Crippen molar-refractivity contribution in [3.8, 4) is 11.4 Å². The van der Waals surface area contributed by atoms with Crippen molar-refractivity contribution < 1.29 is 27.1 Å². The van der Waals surface area contributed by atoms with Crippen LogP contribution in [0.5, 0.6) is 0 Å². The summed E-state index contributed by atoms with van der Waals surface area (Å²) >= 11 is 5.96. The van der Waals surface area contributed by atoms with Gasteiger partial charge in [-0.3, -0.25) is 10.1 Å². The number of sulfone groups is 1. The molecule has 3 aromatic rings. The minimum Gasteiger partial charge on any atom is -0.444 e. The van der Waals surface area contributed by atoms with Crippen molar-refractivity contribution in [2.45, 2.75) is 37.8 Å². The highest BCUT2D eigenvalue weighted by atomic mass is 35.5. The summed E-state index contributed by atoms with van der Waals surface area (Å²) in [4.78, 5) is 26.6.